The molecule has 2 rings (SSSR count). The van der Waals surface area contributed by atoms with Gasteiger partial charge in [0.1, 0.15) is 5.82 Å². The zero-order valence-corrected chi connectivity index (χ0v) is 12.2. The summed E-state index contributed by atoms with van der Waals surface area (Å²) in [6.07, 6.45) is 7.36. The first-order valence-corrected chi connectivity index (χ1v) is 7.69. The van der Waals surface area contributed by atoms with E-state index in [-0.39, 0.29) is 5.82 Å². The van der Waals surface area contributed by atoms with Crippen molar-refractivity contribution in [1.82, 2.24) is 5.32 Å². The number of aryl methyl sites for hydroxylation is 2. The molecule has 1 aliphatic rings. The van der Waals surface area contributed by atoms with Gasteiger partial charge in [-0.15, -0.1) is 0 Å². The smallest absolute Gasteiger partial charge is 0.123 e. The monoisotopic (exact) mass is 263 g/mol. The number of hydrogen-bond donors (Lipinski definition) is 1. The van der Waals surface area contributed by atoms with Gasteiger partial charge in [-0.05, 0) is 81.2 Å². The molecule has 2 heteroatoms. The number of benzene rings is 1. The van der Waals surface area contributed by atoms with E-state index in [1.807, 2.05) is 6.07 Å². The number of halogens is 1. The first-order valence-electron chi connectivity index (χ1n) is 7.69. The summed E-state index contributed by atoms with van der Waals surface area (Å²) in [5.74, 6) is 0.795. The highest BCUT2D eigenvalue weighted by atomic mass is 19.1. The van der Waals surface area contributed by atoms with E-state index in [0.29, 0.717) is 6.04 Å². The van der Waals surface area contributed by atoms with Crippen LogP contribution in [0.4, 0.5) is 4.39 Å². The molecular weight excluding hydrogens is 237 g/mol. The Kier molecular flexibility index (Phi) is 5.38. The lowest BCUT2D eigenvalue weighted by molar-refractivity contribution is 0.424. The van der Waals surface area contributed by atoms with Crippen molar-refractivity contribution in [2.24, 2.45) is 5.92 Å². The minimum Gasteiger partial charge on any atom is -0.314 e. The van der Waals surface area contributed by atoms with Crippen molar-refractivity contribution in [3.8, 4) is 0 Å². The van der Waals surface area contributed by atoms with Gasteiger partial charge in [0.05, 0.1) is 0 Å². The van der Waals surface area contributed by atoms with E-state index < -0.39 is 0 Å². The Balaban J connectivity index is 1.79. The van der Waals surface area contributed by atoms with Gasteiger partial charge in [-0.25, -0.2) is 4.39 Å². The molecule has 1 aromatic carbocycles. The van der Waals surface area contributed by atoms with E-state index in [2.05, 4.69) is 19.2 Å². The van der Waals surface area contributed by atoms with Crippen molar-refractivity contribution in [1.29, 1.82) is 0 Å². The van der Waals surface area contributed by atoms with Crippen LogP contribution < -0.4 is 5.32 Å². The first kappa shape index (κ1) is 14.5. The highest BCUT2D eigenvalue weighted by Gasteiger charge is 2.29. The molecule has 19 heavy (non-hydrogen) atoms. The standard InChI is InChI=1S/C17H26FN/c1-3-11-19-17(14-8-9-14)6-4-5-15-12-16(18)10-7-13(15)2/h7,10,12,14,17,19H,3-6,8-9,11H2,1-2H3. The number of nitrogens with one attached hydrogen (secondary N) is 1. The van der Waals surface area contributed by atoms with E-state index in [0.717, 1.165) is 25.3 Å². The van der Waals surface area contributed by atoms with Gasteiger partial charge in [0.25, 0.3) is 0 Å². The van der Waals surface area contributed by atoms with Crippen LogP contribution in [-0.2, 0) is 6.42 Å². The Morgan fingerprint density at radius 2 is 2.16 bits per heavy atom. The van der Waals surface area contributed by atoms with Crippen molar-refractivity contribution in [3.63, 3.8) is 0 Å². The maximum atomic E-state index is 13.2. The summed E-state index contributed by atoms with van der Waals surface area (Å²) >= 11 is 0. The van der Waals surface area contributed by atoms with Gasteiger partial charge in [0, 0.05) is 6.04 Å². The van der Waals surface area contributed by atoms with Crippen LogP contribution in [0, 0.1) is 18.7 Å². The molecule has 0 spiro atoms. The molecule has 1 atom stereocenters. The normalized spacial score (nSPS) is 16.6. The van der Waals surface area contributed by atoms with Crippen LogP contribution >= 0.6 is 0 Å². The summed E-state index contributed by atoms with van der Waals surface area (Å²) in [7, 11) is 0. The third-order valence-electron chi connectivity index (χ3n) is 4.12. The van der Waals surface area contributed by atoms with Gasteiger partial charge in [-0.1, -0.05) is 13.0 Å². The molecule has 0 heterocycles. The average Bonchev–Trinajstić information content (AvgIpc) is 3.22. The molecule has 0 aromatic heterocycles. The lowest BCUT2D eigenvalue weighted by Crippen LogP contribution is -2.31. The largest absolute Gasteiger partial charge is 0.314 e. The van der Waals surface area contributed by atoms with E-state index in [1.165, 1.54) is 36.8 Å². The van der Waals surface area contributed by atoms with Crippen molar-refractivity contribution in [3.05, 3.63) is 35.1 Å². The Morgan fingerprint density at radius 1 is 1.37 bits per heavy atom. The van der Waals surface area contributed by atoms with Crippen molar-refractivity contribution >= 4 is 0 Å². The second-order valence-corrected chi connectivity index (χ2v) is 5.86. The minimum atomic E-state index is -0.108. The fourth-order valence-electron chi connectivity index (χ4n) is 2.75. The topological polar surface area (TPSA) is 12.0 Å². The molecule has 1 nitrogen and oxygen atoms in total. The summed E-state index contributed by atoms with van der Waals surface area (Å²) in [6, 6.07) is 5.82. The van der Waals surface area contributed by atoms with E-state index in [4.69, 9.17) is 0 Å². The molecule has 1 fully saturated rings. The average molecular weight is 263 g/mol. The van der Waals surface area contributed by atoms with E-state index in [9.17, 15) is 4.39 Å². The fourth-order valence-corrected chi connectivity index (χ4v) is 2.75. The van der Waals surface area contributed by atoms with Gasteiger partial charge < -0.3 is 5.32 Å². The predicted octanol–water partition coefficient (Wildman–Crippen LogP) is 4.24. The summed E-state index contributed by atoms with van der Waals surface area (Å²) in [5, 5.41) is 3.67. The molecule has 0 amide bonds. The number of rotatable bonds is 8. The molecule has 0 aliphatic heterocycles. The second-order valence-electron chi connectivity index (χ2n) is 5.86. The summed E-state index contributed by atoms with van der Waals surface area (Å²) in [4.78, 5) is 0. The highest BCUT2D eigenvalue weighted by Crippen LogP contribution is 2.34. The van der Waals surface area contributed by atoms with Crippen LogP contribution in [-0.4, -0.2) is 12.6 Å². The molecule has 1 N–H and O–H groups in total. The van der Waals surface area contributed by atoms with Gasteiger partial charge in [0.15, 0.2) is 0 Å². The molecule has 1 aliphatic carbocycles. The van der Waals surface area contributed by atoms with Crippen molar-refractivity contribution in [2.45, 2.75) is 58.4 Å². The van der Waals surface area contributed by atoms with Crippen LogP contribution in [0.1, 0.15) is 50.2 Å². The third kappa shape index (κ3) is 4.61. The number of hydrogen-bond acceptors (Lipinski definition) is 1. The Morgan fingerprint density at radius 3 is 2.84 bits per heavy atom. The predicted molar refractivity (Wildman–Crippen MR) is 78.9 cm³/mol. The maximum Gasteiger partial charge on any atom is 0.123 e. The first-order chi connectivity index (χ1) is 9.20. The molecule has 0 saturated heterocycles. The Bertz CT molecular complexity index is 398. The van der Waals surface area contributed by atoms with Gasteiger partial charge in [-0.2, -0.15) is 0 Å². The SMILES string of the molecule is CCCNC(CCCc1cc(F)ccc1C)C1CC1. The molecule has 0 bridgehead atoms. The van der Waals surface area contributed by atoms with Crippen molar-refractivity contribution in [2.75, 3.05) is 6.54 Å². The zero-order valence-electron chi connectivity index (χ0n) is 12.2. The lowest BCUT2D eigenvalue weighted by atomic mass is 9.99. The molecule has 1 saturated carbocycles. The van der Waals surface area contributed by atoms with Crippen LogP contribution in [0.5, 0.6) is 0 Å². The maximum absolute atomic E-state index is 13.2. The molecule has 0 radical (unpaired) electrons. The molecule has 1 aromatic rings. The second kappa shape index (κ2) is 7.04. The van der Waals surface area contributed by atoms with Crippen LogP contribution in [0.3, 0.4) is 0 Å². The van der Waals surface area contributed by atoms with Gasteiger partial charge >= 0.3 is 0 Å². The Hall–Kier alpha value is -0.890. The molecule has 106 valence electrons. The van der Waals surface area contributed by atoms with Gasteiger partial charge in [-0.3, -0.25) is 0 Å². The summed E-state index contributed by atoms with van der Waals surface area (Å²) in [5.41, 5.74) is 2.39. The third-order valence-corrected chi connectivity index (χ3v) is 4.12. The molecular formula is C17H26FN. The molecule has 1 unspecified atom stereocenters. The van der Waals surface area contributed by atoms with Crippen molar-refractivity contribution < 1.29 is 4.39 Å². The van der Waals surface area contributed by atoms with Gasteiger partial charge in [0.2, 0.25) is 0 Å². The fraction of sp³-hybridized carbons (Fsp3) is 0.647. The quantitative estimate of drug-likeness (QED) is 0.740. The Labute approximate surface area is 116 Å². The lowest BCUT2D eigenvalue weighted by Gasteiger charge is -2.18. The van der Waals surface area contributed by atoms with E-state index >= 15 is 0 Å². The van der Waals surface area contributed by atoms with Crippen LogP contribution in [0.15, 0.2) is 18.2 Å². The highest BCUT2D eigenvalue weighted by molar-refractivity contribution is 5.26. The summed E-state index contributed by atoms with van der Waals surface area (Å²) in [6.45, 7) is 5.41. The van der Waals surface area contributed by atoms with Crippen LogP contribution in [0.2, 0.25) is 0 Å². The van der Waals surface area contributed by atoms with Crippen LogP contribution in [0.25, 0.3) is 0 Å². The zero-order chi connectivity index (χ0) is 13.7. The summed E-state index contributed by atoms with van der Waals surface area (Å²) < 4.78 is 13.2. The van der Waals surface area contributed by atoms with E-state index in [1.54, 1.807) is 12.1 Å². The minimum absolute atomic E-state index is 0.108.